The number of methoxy groups -OCH3 is 1. The van der Waals surface area contributed by atoms with Crippen molar-refractivity contribution < 1.29 is 27.1 Å². The largest absolute Gasteiger partial charge is 0.497 e. The highest BCUT2D eigenvalue weighted by Crippen LogP contribution is 2.24. The van der Waals surface area contributed by atoms with Gasteiger partial charge < -0.3 is 14.4 Å². The molecule has 0 spiro atoms. The number of nitrogens with one attached hydrogen (secondary N) is 1. The molecular weight excluding hydrogens is 597 g/mol. The van der Waals surface area contributed by atoms with Crippen LogP contribution in [-0.2, 0) is 27.8 Å². The zero-order chi connectivity index (χ0) is 31.8. The molecular formula is C33H34FN5O5S. The van der Waals surface area contributed by atoms with Crippen molar-refractivity contribution in [1.82, 2.24) is 14.7 Å². The second-order valence-corrected chi connectivity index (χ2v) is 12.3. The molecule has 5 rings (SSSR count). The van der Waals surface area contributed by atoms with Crippen LogP contribution in [0.1, 0.15) is 34.0 Å². The minimum atomic E-state index is -3.89. The van der Waals surface area contributed by atoms with Crippen molar-refractivity contribution in [3.63, 3.8) is 0 Å². The third-order valence-corrected chi connectivity index (χ3v) is 9.20. The number of ether oxygens (including phenoxy) is 2. The Morgan fingerprint density at radius 1 is 1.00 bits per heavy atom. The summed E-state index contributed by atoms with van der Waals surface area (Å²) in [6, 6.07) is 21.3. The number of morpholine rings is 1. The van der Waals surface area contributed by atoms with E-state index in [4.69, 9.17) is 9.47 Å². The number of rotatable bonds is 11. The lowest BCUT2D eigenvalue weighted by atomic mass is 10.1. The number of anilines is 1. The standard InChI is InChI=1S/C33H34FN5O5S/c1-24(28-9-14-32(31(34)20-28)38-16-18-44-19-17-38)36-37-33(40)27-7-5-25(6-8-27)22-39(23-26-4-3-15-35-21-26)45(41,42)30-12-10-29(43-2)11-13-30/h3-15,20-21H,16-19,22-23H2,1-2H3,(H,37,40)/b36-24-. The molecule has 0 aliphatic carbocycles. The van der Waals surface area contributed by atoms with Crippen LogP contribution in [-0.4, -0.2) is 62.7 Å². The predicted molar refractivity (Wildman–Crippen MR) is 169 cm³/mol. The van der Waals surface area contributed by atoms with Gasteiger partial charge in [-0.2, -0.15) is 9.41 Å². The third-order valence-electron chi connectivity index (χ3n) is 7.40. The summed E-state index contributed by atoms with van der Waals surface area (Å²) in [7, 11) is -2.37. The number of amides is 1. The zero-order valence-electron chi connectivity index (χ0n) is 25.0. The number of sulfonamides is 1. The molecule has 1 saturated heterocycles. The number of hydrazone groups is 1. The van der Waals surface area contributed by atoms with Gasteiger partial charge in [-0.25, -0.2) is 18.2 Å². The fourth-order valence-corrected chi connectivity index (χ4v) is 6.26. The van der Waals surface area contributed by atoms with Crippen molar-refractivity contribution in [2.24, 2.45) is 5.10 Å². The van der Waals surface area contributed by atoms with E-state index < -0.39 is 15.9 Å². The van der Waals surface area contributed by atoms with Crippen LogP contribution in [0.5, 0.6) is 5.75 Å². The van der Waals surface area contributed by atoms with E-state index in [0.717, 1.165) is 5.56 Å². The lowest BCUT2D eigenvalue weighted by Gasteiger charge is -2.29. The molecule has 1 fully saturated rings. The average Bonchev–Trinajstić information content (AvgIpc) is 3.08. The number of benzene rings is 3. The molecule has 12 heteroatoms. The van der Waals surface area contributed by atoms with Crippen molar-refractivity contribution in [2.45, 2.75) is 24.9 Å². The molecule has 2 heterocycles. The van der Waals surface area contributed by atoms with Gasteiger partial charge in [0, 0.05) is 49.7 Å². The Balaban J connectivity index is 1.27. The summed E-state index contributed by atoms with van der Waals surface area (Å²) in [4.78, 5) is 19.0. The Morgan fingerprint density at radius 3 is 2.33 bits per heavy atom. The van der Waals surface area contributed by atoms with E-state index in [1.165, 1.54) is 29.6 Å². The first-order chi connectivity index (χ1) is 21.7. The van der Waals surface area contributed by atoms with Gasteiger partial charge in [-0.1, -0.05) is 24.3 Å². The number of pyridine rings is 1. The number of halogens is 1. The maximum absolute atomic E-state index is 14.8. The fraction of sp³-hybridized carbons (Fsp3) is 0.242. The molecule has 1 aromatic heterocycles. The molecule has 3 aromatic carbocycles. The summed E-state index contributed by atoms with van der Waals surface area (Å²) in [6.07, 6.45) is 3.25. The third kappa shape index (κ3) is 7.90. The number of carbonyl (C=O) groups excluding carboxylic acids is 1. The predicted octanol–water partition coefficient (Wildman–Crippen LogP) is 4.61. The Kier molecular flexibility index (Phi) is 10.2. The van der Waals surface area contributed by atoms with Gasteiger partial charge in [0.25, 0.3) is 5.91 Å². The number of aromatic nitrogens is 1. The van der Waals surface area contributed by atoms with Gasteiger partial charge in [-0.15, -0.1) is 0 Å². The molecule has 234 valence electrons. The van der Waals surface area contributed by atoms with E-state index >= 15 is 0 Å². The van der Waals surface area contributed by atoms with Gasteiger partial charge in [0.2, 0.25) is 10.0 Å². The van der Waals surface area contributed by atoms with E-state index in [2.05, 4.69) is 15.5 Å². The normalized spacial score (nSPS) is 14.0. The number of nitrogens with zero attached hydrogens (tertiary/aromatic N) is 4. The Morgan fingerprint density at radius 2 is 1.69 bits per heavy atom. The second-order valence-electron chi connectivity index (χ2n) is 10.4. The molecule has 0 atom stereocenters. The Bertz CT molecular complexity index is 1740. The molecule has 0 bridgehead atoms. The molecule has 4 aromatic rings. The van der Waals surface area contributed by atoms with Gasteiger partial charge in [-0.05, 0) is 72.6 Å². The minimum absolute atomic E-state index is 0.0639. The summed E-state index contributed by atoms with van der Waals surface area (Å²) < 4.78 is 54.0. The first-order valence-corrected chi connectivity index (χ1v) is 15.8. The molecule has 10 nitrogen and oxygen atoms in total. The lowest BCUT2D eigenvalue weighted by molar-refractivity contribution is 0.0954. The highest BCUT2D eigenvalue weighted by molar-refractivity contribution is 7.89. The summed E-state index contributed by atoms with van der Waals surface area (Å²) in [5.41, 5.74) is 5.77. The first-order valence-electron chi connectivity index (χ1n) is 14.3. The van der Waals surface area contributed by atoms with Gasteiger partial charge in [-0.3, -0.25) is 9.78 Å². The molecule has 1 N–H and O–H groups in total. The molecule has 0 saturated carbocycles. The summed E-state index contributed by atoms with van der Waals surface area (Å²) >= 11 is 0. The van der Waals surface area contributed by atoms with Crippen molar-refractivity contribution in [2.75, 3.05) is 38.3 Å². The van der Waals surface area contributed by atoms with Crippen LogP contribution in [0.3, 0.4) is 0 Å². The topological polar surface area (TPSA) is 113 Å². The molecule has 45 heavy (non-hydrogen) atoms. The average molecular weight is 632 g/mol. The van der Waals surface area contributed by atoms with Crippen LogP contribution in [0.2, 0.25) is 0 Å². The molecule has 0 radical (unpaired) electrons. The molecule has 1 aliphatic heterocycles. The number of hydrogen-bond donors (Lipinski definition) is 1. The number of carbonyl (C=O) groups is 1. The molecule has 0 unspecified atom stereocenters. The van der Waals surface area contributed by atoms with E-state index in [1.54, 1.807) is 73.9 Å². The van der Waals surface area contributed by atoms with Crippen molar-refractivity contribution in [1.29, 1.82) is 0 Å². The van der Waals surface area contributed by atoms with Crippen LogP contribution >= 0.6 is 0 Å². The first kappa shape index (κ1) is 31.8. The van der Waals surface area contributed by atoms with Crippen LogP contribution in [0.4, 0.5) is 10.1 Å². The van der Waals surface area contributed by atoms with Gasteiger partial charge in [0.05, 0.1) is 36.6 Å². The van der Waals surface area contributed by atoms with Gasteiger partial charge in [0.15, 0.2) is 0 Å². The van der Waals surface area contributed by atoms with E-state index in [9.17, 15) is 17.6 Å². The smallest absolute Gasteiger partial charge is 0.271 e. The lowest BCUT2D eigenvalue weighted by Crippen LogP contribution is -2.36. The molecule has 1 aliphatic rings. The Labute approximate surface area is 262 Å². The SMILES string of the molecule is COc1ccc(S(=O)(=O)N(Cc2ccc(C(=O)N/N=C(/C)c3ccc(N4CCOCC4)c(F)c3)cc2)Cc2cccnc2)cc1. The highest BCUT2D eigenvalue weighted by atomic mass is 32.2. The van der Waals surface area contributed by atoms with Crippen LogP contribution in [0.15, 0.2) is 101 Å². The summed E-state index contributed by atoms with van der Waals surface area (Å²) in [6.45, 7) is 4.22. The Hall–Kier alpha value is -4.65. The maximum atomic E-state index is 14.8. The van der Waals surface area contributed by atoms with Gasteiger partial charge in [0.1, 0.15) is 11.6 Å². The summed E-state index contributed by atoms with van der Waals surface area (Å²) in [5, 5.41) is 4.16. The van der Waals surface area contributed by atoms with Crippen LogP contribution < -0.4 is 15.1 Å². The number of hydrogen-bond acceptors (Lipinski definition) is 8. The van der Waals surface area contributed by atoms with Crippen molar-refractivity contribution in [3.05, 3.63) is 119 Å². The quantitative estimate of drug-likeness (QED) is 0.190. The molecule has 1 amide bonds. The van der Waals surface area contributed by atoms with Crippen molar-refractivity contribution >= 4 is 27.3 Å². The summed E-state index contributed by atoms with van der Waals surface area (Å²) in [5.74, 6) is -0.267. The highest BCUT2D eigenvalue weighted by Gasteiger charge is 2.25. The second kappa shape index (κ2) is 14.4. The van der Waals surface area contributed by atoms with E-state index in [1.807, 2.05) is 11.0 Å². The van der Waals surface area contributed by atoms with Gasteiger partial charge >= 0.3 is 0 Å². The minimum Gasteiger partial charge on any atom is -0.497 e. The van der Waals surface area contributed by atoms with Crippen molar-refractivity contribution in [3.8, 4) is 5.75 Å². The van der Waals surface area contributed by atoms with Crippen LogP contribution in [0.25, 0.3) is 0 Å². The van der Waals surface area contributed by atoms with E-state index in [0.29, 0.717) is 60.1 Å². The maximum Gasteiger partial charge on any atom is 0.271 e. The monoisotopic (exact) mass is 631 g/mol. The zero-order valence-corrected chi connectivity index (χ0v) is 25.8. The van der Waals surface area contributed by atoms with Crippen LogP contribution in [0, 0.1) is 5.82 Å². The van der Waals surface area contributed by atoms with E-state index in [-0.39, 0.29) is 23.8 Å². The fourth-order valence-electron chi connectivity index (χ4n) is 4.84.